The molecule has 0 N–H and O–H groups in total. The highest BCUT2D eigenvalue weighted by molar-refractivity contribution is 5.70. The standard InChI is InChI=1S/C11H16O2/c1-3-5-10(9-6-7-9)8-11(12)13-4-2/h9-10H,4,6-8H2,1-2H3/t10-/m1/s1. The molecule has 2 nitrogen and oxygen atoms in total. The fraction of sp³-hybridized carbons (Fsp3) is 0.727. The van der Waals surface area contributed by atoms with Crippen LogP contribution in [0.4, 0.5) is 0 Å². The first-order valence-electron chi connectivity index (χ1n) is 4.85. The van der Waals surface area contributed by atoms with E-state index < -0.39 is 0 Å². The van der Waals surface area contributed by atoms with E-state index in [2.05, 4.69) is 11.8 Å². The Morgan fingerprint density at radius 2 is 2.31 bits per heavy atom. The van der Waals surface area contributed by atoms with E-state index in [1.165, 1.54) is 12.8 Å². The number of hydrogen-bond donors (Lipinski definition) is 0. The molecule has 0 aromatic rings. The van der Waals surface area contributed by atoms with Gasteiger partial charge in [0.15, 0.2) is 0 Å². The van der Waals surface area contributed by atoms with Crippen LogP contribution in [0.25, 0.3) is 0 Å². The van der Waals surface area contributed by atoms with Crippen molar-refractivity contribution in [3.05, 3.63) is 0 Å². The first-order valence-corrected chi connectivity index (χ1v) is 4.85. The zero-order valence-corrected chi connectivity index (χ0v) is 8.30. The Bertz CT molecular complexity index is 230. The Morgan fingerprint density at radius 3 is 2.77 bits per heavy atom. The van der Waals surface area contributed by atoms with Gasteiger partial charge >= 0.3 is 5.97 Å². The van der Waals surface area contributed by atoms with Crippen molar-refractivity contribution in [1.82, 2.24) is 0 Å². The lowest BCUT2D eigenvalue weighted by atomic mass is 10.0. The Labute approximate surface area is 79.7 Å². The molecular formula is C11H16O2. The number of carbonyl (C=O) groups is 1. The van der Waals surface area contributed by atoms with Gasteiger partial charge in [-0.1, -0.05) is 5.92 Å². The van der Waals surface area contributed by atoms with Crippen molar-refractivity contribution in [3.63, 3.8) is 0 Å². The molecule has 1 rings (SSSR count). The minimum atomic E-state index is -0.109. The van der Waals surface area contributed by atoms with Gasteiger partial charge in [-0.3, -0.25) is 4.79 Å². The average Bonchev–Trinajstić information content (AvgIpc) is 2.86. The van der Waals surface area contributed by atoms with Gasteiger partial charge in [0.05, 0.1) is 13.0 Å². The first kappa shape index (κ1) is 10.1. The monoisotopic (exact) mass is 180 g/mol. The molecular weight excluding hydrogens is 164 g/mol. The number of carbonyl (C=O) groups excluding carboxylic acids is 1. The molecule has 13 heavy (non-hydrogen) atoms. The molecule has 72 valence electrons. The molecule has 0 aromatic heterocycles. The normalized spacial score (nSPS) is 17.1. The molecule has 1 fully saturated rings. The van der Waals surface area contributed by atoms with Crippen LogP contribution in [0, 0.1) is 23.7 Å². The van der Waals surface area contributed by atoms with Crippen molar-refractivity contribution in [2.45, 2.75) is 33.1 Å². The molecule has 1 saturated carbocycles. The molecule has 0 unspecified atom stereocenters. The van der Waals surface area contributed by atoms with Gasteiger partial charge in [0.25, 0.3) is 0 Å². The Hall–Kier alpha value is -0.970. The fourth-order valence-corrected chi connectivity index (χ4v) is 1.42. The molecule has 0 aromatic carbocycles. The van der Waals surface area contributed by atoms with Crippen molar-refractivity contribution in [1.29, 1.82) is 0 Å². The molecule has 0 radical (unpaired) electrons. The summed E-state index contributed by atoms with van der Waals surface area (Å²) in [5.74, 6) is 6.74. The Kier molecular flexibility index (Phi) is 3.82. The zero-order chi connectivity index (χ0) is 9.68. The van der Waals surface area contributed by atoms with Crippen LogP contribution >= 0.6 is 0 Å². The van der Waals surface area contributed by atoms with Crippen LogP contribution in [0.2, 0.25) is 0 Å². The van der Waals surface area contributed by atoms with Crippen LogP contribution in [0.15, 0.2) is 0 Å². The maximum Gasteiger partial charge on any atom is 0.307 e. The summed E-state index contributed by atoms with van der Waals surface area (Å²) in [7, 11) is 0. The molecule has 0 saturated heterocycles. The quantitative estimate of drug-likeness (QED) is 0.488. The number of rotatable bonds is 4. The number of esters is 1. The van der Waals surface area contributed by atoms with Crippen molar-refractivity contribution in [2.75, 3.05) is 6.61 Å². The maximum atomic E-state index is 11.2. The maximum absolute atomic E-state index is 11.2. The fourth-order valence-electron chi connectivity index (χ4n) is 1.42. The van der Waals surface area contributed by atoms with Gasteiger partial charge in [0, 0.05) is 5.92 Å². The lowest BCUT2D eigenvalue weighted by Crippen LogP contribution is -2.11. The molecule has 0 amide bonds. The number of ether oxygens (including phenoxy) is 1. The van der Waals surface area contributed by atoms with Gasteiger partial charge in [-0.2, -0.15) is 0 Å². The number of hydrogen-bond acceptors (Lipinski definition) is 2. The van der Waals surface area contributed by atoms with Crippen LogP contribution in [-0.2, 0) is 9.53 Å². The van der Waals surface area contributed by atoms with Crippen LogP contribution in [0.1, 0.15) is 33.1 Å². The predicted octanol–water partition coefficient (Wildman–Crippen LogP) is 1.99. The second-order valence-corrected chi connectivity index (χ2v) is 3.35. The zero-order valence-electron chi connectivity index (χ0n) is 8.30. The molecule has 0 spiro atoms. The van der Waals surface area contributed by atoms with Gasteiger partial charge in [0.2, 0.25) is 0 Å². The van der Waals surface area contributed by atoms with Gasteiger partial charge < -0.3 is 4.74 Å². The third-order valence-electron chi connectivity index (χ3n) is 2.21. The minimum Gasteiger partial charge on any atom is -0.466 e. The van der Waals surface area contributed by atoms with E-state index in [1.54, 1.807) is 0 Å². The van der Waals surface area contributed by atoms with E-state index >= 15 is 0 Å². The Morgan fingerprint density at radius 1 is 1.62 bits per heavy atom. The lowest BCUT2D eigenvalue weighted by molar-refractivity contribution is -0.143. The van der Waals surface area contributed by atoms with Gasteiger partial charge in [-0.15, -0.1) is 5.92 Å². The molecule has 1 aliphatic rings. The van der Waals surface area contributed by atoms with E-state index in [1.807, 2.05) is 13.8 Å². The Balaban J connectivity index is 2.36. The van der Waals surface area contributed by atoms with Crippen LogP contribution < -0.4 is 0 Å². The van der Waals surface area contributed by atoms with Gasteiger partial charge in [-0.25, -0.2) is 0 Å². The van der Waals surface area contributed by atoms with E-state index in [9.17, 15) is 4.79 Å². The van der Waals surface area contributed by atoms with Crippen molar-refractivity contribution in [3.8, 4) is 11.8 Å². The second kappa shape index (κ2) is 4.91. The minimum absolute atomic E-state index is 0.109. The molecule has 0 aliphatic heterocycles. The highest BCUT2D eigenvalue weighted by atomic mass is 16.5. The highest BCUT2D eigenvalue weighted by Crippen LogP contribution is 2.38. The van der Waals surface area contributed by atoms with Crippen LogP contribution in [0.5, 0.6) is 0 Å². The molecule has 1 aliphatic carbocycles. The highest BCUT2D eigenvalue weighted by Gasteiger charge is 2.31. The van der Waals surface area contributed by atoms with Gasteiger partial charge in [-0.05, 0) is 32.6 Å². The van der Waals surface area contributed by atoms with E-state index in [0.717, 1.165) is 0 Å². The smallest absolute Gasteiger partial charge is 0.307 e. The molecule has 0 bridgehead atoms. The van der Waals surface area contributed by atoms with Crippen LogP contribution in [0.3, 0.4) is 0 Å². The lowest BCUT2D eigenvalue weighted by Gasteiger charge is -2.07. The first-order chi connectivity index (χ1) is 6.27. The molecule has 0 heterocycles. The topological polar surface area (TPSA) is 26.3 Å². The largest absolute Gasteiger partial charge is 0.466 e. The van der Waals surface area contributed by atoms with Crippen molar-refractivity contribution in [2.24, 2.45) is 11.8 Å². The third-order valence-corrected chi connectivity index (χ3v) is 2.21. The predicted molar refractivity (Wildman–Crippen MR) is 50.9 cm³/mol. The average molecular weight is 180 g/mol. The summed E-state index contributed by atoms with van der Waals surface area (Å²) in [6.45, 7) is 4.12. The van der Waals surface area contributed by atoms with Crippen LogP contribution in [-0.4, -0.2) is 12.6 Å². The van der Waals surface area contributed by atoms with Gasteiger partial charge in [0.1, 0.15) is 0 Å². The van der Waals surface area contributed by atoms with E-state index in [0.29, 0.717) is 18.9 Å². The summed E-state index contributed by atoms with van der Waals surface area (Å²) < 4.78 is 4.89. The summed E-state index contributed by atoms with van der Waals surface area (Å²) in [6, 6.07) is 0. The SMILES string of the molecule is CC#C[C@H](CC(=O)OCC)C1CC1. The second-order valence-electron chi connectivity index (χ2n) is 3.35. The molecule has 1 atom stereocenters. The van der Waals surface area contributed by atoms with E-state index in [-0.39, 0.29) is 11.9 Å². The summed E-state index contributed by atoms with van der Waals surface area (Å²) in [5.41, 5.74) is 0. The molecule has 2 heteroatoms. The van der Waals surface area contributed by atoms with Crippen molar-refractivity contribution < 1.29 is 9.53 Å². The van der Waals surface area contributed by atoms with Crippen molar-refractivity contribution >= 4 is 5.97 Å². The summed E-state index contributed by atoms with van der Waals surface area (Å²) in [6.07, 6.45) is 2.91. The van der Waals surface area contributed by atoms with E-state index in [4.69, 9.17) is 4.74 Å². The summed E-state index contributed by atoms with van der Waals surface area (Å²) >= 11 is 0. The summed E-state index contributed by atoms with van der Waals surface area (Å²) in [4.78, 5) is 11.2. The third kappa shape index (κ3) is 3.50. The summed E-state index contributed by atoms with van der Waals surface area (Å²) in [5, 5.41) is 0.